The average Bonchev–Trinajstić information content (AvgIpc) is 3.08. The van der Waals surface area contributed by atoms with Gasteiger partial charge in [-0.2, -0.15) is 0 Å². The molecule has 1 unspecified atom stereocenters. The van der Waals surface area contributed by atoms with Crippen LogP contribution in [0.3, 0.4) is 0 Å². The standard InChI is InChI=1S/C25H36FN3O3SSi/c1-8-28(20-11-9-18(26)10-12-20)16-19-15-22(31)29-23(17(2)33-24(29)27-19)21(30)13-14-32-34(6,7)25(3,4)5/h9-12,15,21,30H,8,13-14,16H2,1-7H3. The van der Waals surface area contributed by atoms with Crippen molar-refractivity contribution in [3.05, 3.63) is 62.8 Å². The molecule has 0 radical (unpaired) electrons. The highest BCUT2D eigenvalue weighted by atomic mass is 32.1. The summed E-state index contributed by atoms with van der Waals surface area (Å²) in [7, 11) is -1.91. The molecule has 3 rings (SSSR count). The van der Waals surface area contributed by atoms with Crippen molar-refractivity contribution in [2.45, 2.75) is 71.8 Å². The predicted octanol–water partition coefficient (Wildman–Crippen LogP) is 5.68. The Balaban J connectivity index is 1.81. The molecular weight excluding hydrogens is 469 g/mol. The SMILES string of the molecule is CCN(Cc1cc(=O)n2c(C(O)CCO[Si](C)(C)C(C)(C)C)c(C)sc2n1)c1ccc(F)cc1. The van der Waals surface area contributed by atoms with E-state index in [1.165, 1.54) is 33.9 Å². The van der Waals surface area contributed by atoms with Gasteiger partial charge in [0.2, 0.25) is 0 Å². The first-order valence-electron chi connectivity index (χ1n) is 11.7. The van der Waals surface area contributed by atoms with Gasteiger partial charge in [-0.25, -0.2) is 9.37 Å². The molecule has 0 aliphatic heterocycles. The van der Waals surface area contributed by atoms with E-state index in [0.717, 1.165) is 10.6 Å². The van der Waals surface area contributed by atoms with E-state index in [1.807, 2.05) is 18.7 Å². The van der Waals surface area contributed by atoms with Gasteiger partial charge in [-0.1, -0.05) is 20.8 Å². The number of thiazole rings is 1. The number of benzene rings is 1. The van der Waals surface area contributed by atoms with Crippen molar-refractivity contribution in [3.8, 4) is 0 Å². The minimum absolute atomic E-state index is 0.0977. The maximum atomic E-state index is 13.3. The van der Waals surface area contributed by atoms with E-state index in [-0.39, 0.29) is 16.4 Å². The number of rotatable bonds is 9. The van der Waals surface area contributed by atoms with Crippen molar-refractivity contribution in [2.75, 3.05) is 18.1 Å². The first-order chi connectivity index (χ1) is 15.8. The van der Waals surface area contributed by atoms with Gasteiger partial charge in [0, 0.05) is 36.2 Å². The van der Waals surface area contributed by atoms with Crippen LogP contribution in [0.2, 0.25) is 18.1 Å². The number of aryl methyl sites for hydroxylation is 1. The highest BCUT2D eigenvalue weighted by Gasteiger charge is 2.37. The number of hydrogen-bond acceptors (Lipinski definition) is 6. The molecule has 0 bridgehead atoms. The molecule has 2 heterocycles. The first-order valence-corrected chi connectivity index (χ1v) is 15.4. The predicted molar refractivity (Wildman–Crippen MR) is 140 cm³/mol. The summed E-state index contributed by atoms with van der Waals surface area (Å²) in [6, 6.07) is 7.82. The van der Waals surface area contributed by atoms with Gasteiger partial charge in [-0.05, 0) is 56.2 Å². The number of anilines is 1. The molecule has 0 saturated carbocycles. The van der Waals surface area contributed by atoms with Crippen molar-refractivity contribution in [3.63, 3.8) is 0 Å². The molecule has 9 heteroatoms. The molecule has 0 aliphatic carbocycles. The minimum atomic E-state index is -1.91. The second kappa shape index (κ2) is 10.3. The molecule has 186 valence electrons. The number of aromatic nitrogens is 2. The molecule has 6 nitrogen and oxygen atoms in total. The lowest BCUT2D eigenvalue weighted by molar-refractivity contribution is 0.131. The van der Waals surface area contributed by atoms with Gasteiger partial charge in [0.05, 0.1) is 24.0 Å². The Kier molecular flexibility index (Phi) is 8.02. The highest BCUT2D eigenvalue weighted by molar-refractivity contribution is 7.17. The van der Waals surface area contributed by atoms with Crippen LogP contribution in [0, 0.1) is 12.7 Å². The molecular formula is C25H36FN3O3SSi. The minimum Gasteiger partial charge on any atom is -0.417 e. The van der Waals surface area contributed by atoms with E-state index in [9.17, 15) is 14.3 Å². The van der Waals surface area contributed by atoms with E-state index >= 15 is 0 Å². The van der Waals surface area contributed by atoms with Gasteiger partial charge < -0.3 is 14.4 Å². The third kappa shape index (κ3) is 5.76. The molecule has 0 spiro atoms. The monoisotopic (exact) mass is 505 g/mol. The van der Waals surface area contributed by atoms with Crippen molar-refractivity contribution in [1.82, 2.24) is 9.38 Å². The van der Waals surface area contributed by atoms with Gasteiger partial charge in [0.15, 0.2) is 13.3 Å². The molecule has 0 saturated heterocycles. The molecule has 3 aromatic rings. The molecule has 2 aromatic heterocycles. The maximum absolute atomic E-state index is 13.3. The van der Waals surface area contributed by atoms with E-state index in [2.05, 4.69) is 33.9 Å². The van der Waals surface area contributed by atoms with Gasteiger partial charge in [0.1, 0.15) is 5.82 Å². The number of halogens is 1. The summed E-state index contributed by atoms with van der Waals surface area (Å²) in [5, 5.41) is 11.0. The van der Waals surface area contributed by atoms with E-state index < -0.39 is 14.4 Å². The lowest BCUT2D eigenvalue weighted by atomic mass is 10.2. The molecule has 0 fully saturated rings. The average molecular weight is 506 g/mol. The van der Waals surface area contributed by atoms with Crippen LogP contribution in [0.4, 0.5) is 10.1 Å². The van der Waals surface area contributed by atoms with Crippen LogP contribution in [-0.4, -0.2) is 36.0 Å². The lowest BCUT2D eigenvalue weighted by Gasteiger charge is -2.36. The van der Waals surface area contributed by atoms with E-state index in [4.69, 9.17) is 9.41 Å². The summed E-state index contributed by atoms with van der Waals surface area (Å²) >= 11 is 1.40. The Morgan fingerprint density at radius 1 is 1.26 bits per heavy atom. The van der Waals surface area contributed by atoms with Crippen LogP contribution in [0.15, 0.2) is 35.1 Å². The zero-order valence-corrected chi connectivity index (χ0v) is 23.0. The third-order valence-corrected chi connectivity index (χ3v) is 12.2. The number of hydrogen-bond donors (Lipinski definition) is 1. The zero-order valence-electron chi connectivity index (χ0n) is 21.2. The summed E-state index contributed by atoms with van der Waals surface area (Å²) in [5.41, 5.74) is 1.89. The summed E-state index contributed by atoms with van der Waals surface area (Å²) in [6.45, 7) is 16.4. The Morgan fingerprint density at radius 2 is 1.91 bits per heavy atom. The van der Waals surface area contributed by atoms with Crippen LogP contribution in [0.1, 0.15) is 56.5 Å². The molecule has 1 atom stereocenters. The molecule has 0 amide bonds. The Labute approximate surface area is 206 Å². The van der Waals surface area contributed by atoms with E-state index in [0.29, 0.717) is 42.5 Å². The normalized spacial score (nSPS) is 13.4. The maximum Gasteiger partial charge on any atom is 0.259 e. The van der Waals surface area contributed by atoms with Gasteiger partial charge in [0.25, 0.3) is 5.56 Å². The molecule has 1 N–H and O–H groups in total. The Hall–Kier alpha value is -2.07. The van der Waals surface area contributed by atoms with Crippen molar-refractivity contribution in [2.24, 2.45) is 0 Å². The highest BCUT2D eigenvalue weighted by Crippen LogP contribution is 2.37. The zero-order chi connectivity index (χ0) is 25.3. The third-order valence-electron chi connectivity index (χ3n) is 6.69. The van der Waals surface area contributed by atoms with E-state index in [1.54, 1.807) is 12.1 Å². The van der Waals surface area contributed by atoms with Crippen LogP contribution < -0.4 is 10.5 Å². The van der Waals surface area contributed by atoms with Gasteiger partial charge in [-0.15, -0.1) is 11.3 Å². The van der Waals surface area contributed by atoms with Crippen molar-refractivity contribution in [1.29, 1.82) is 0 Å². The van der Waals surface area contributed by atoms with Crippen molar-refractivity contribution < 1.29 is 13.9 Å². The summed E-state index contributed by atoms with van der Waals surface area (Å²) < 4.78 is 21.0. The fraction of sp³-hybridized carbons (Fsp3) is 0.520. The fourth-order valence-corrected chi connectivity index (χ4v) is 5.73. The molecule has 1 aromatic carbocycles. The van der Waals surface area contributed by atoms with Crippen LogP contribution in [0.25, 0.3) is 4.96 Å². The second-order valence-electron chi connectivity index (χ2n) is 10.2. The number of nitrogens with zero attached hydrogens (tertiary/aromatic N) is 3. The topological polar surface area (TPSA) is 67.1 Å². The Morgan fingerprint density at radius 3 is 2.50 bits per heavy atom. The van der Waals surface area contributed by atoms with Crippen LogP contribution >= 0.6 is 11.3 Å². The van der Waals surface area contributed by atoms with Crippen molar-refractivity contribution >= 4 is 30.3 Å². The number of aliphatic hydroxyl groups excluding tert-OH is 1. The first kappa shape index (κ1) is 26.5. The quantitative estimate of drug-likeness (QED) is 0.379. The molecule has 34 heavy (non-hydrogen) atoms. The number of aliphatic hydroxyl groups is 1. The largest absolute Gasteiger partial charge is 0.417 e. The Bertz CT molecular complexity index is 1190. The lowest BCUT2D eigenvalue weighted by Crippen LogP contribution is -2.41. The molecule has 0 aliphatic rings. The van der Waals surface area contributed by atoms with Crippen LogP contribution in [0.5, 0.6) is 0 Å². The second-order valence-corrected chi connectivity index (χ2v) is 16.1. The van der Waals surface area contributed by atoms with Crippen LogP contribution in [-0.2, 0) is 11.0 Å². The summed E-state index contributed by atoms with van der Waals surface area (Å²) in [6.07, 6.45) is -0.392. The number of fused-ring (bicyclic) bond motifs is 1. The van der Waals surface area contributed by atoms with Gasteiger partial charge in [-0.3, -0.25) is 9.20 Å². The smallest absolute Gasteiger partial charge is 0.259 e. The fourth-order valence-electron chi connectivity index (χ4n) is 3.62. The van der Waals surface area contributed by atoms with Gasteiger partial charge >= 0.3 is 0 Å². The summed E-state index contributed by atoms with van der Waals surface area (Å²) in [4.78, 5) is 21.3. The summed E-state index contributed by atoms with van der Waals surface area (Å²) in [5.74, 6) is -0.285.